The van der Waals surface area contributed by atoms with Crippen molar-refractivity contribution in [2.45, 2.75) is 46.0 Å². The van der Waals surface area contributed by atoms with E-state index in [1.807, 2.05) is 4.90 Å². The predicted molar refractivity (Wildman–Crippen MR) is 75.8 cm³/mol. The summed E-state index contributed by atoms with van der Waals surface area (Å²) in [5.41, 5.74) is 10.4. The van der Waals surface area contributed by atoms with Crippen LogP contribution in [0, 0.1) is 0 Å². The van der Waals surface area contributed by atoms with E-state index in [4.69, 9.17) is 5.73 Å². The third kappa shape index (κ3) is 2.22. The van der Waals surface area contributed by atoms with Gasteiger partial charge >= 0.3 is 0 Å². The van der Waals surface area contributed by atoms with Crippen LogP contribution in [-0.4, -0.2) is 12.5 Å². The van der Waals surface area contributed by atoms with Gasteiger partial charge in [-0.25, -0.2) is 0 Å². The fraction of sp³-hybridized carbons (Fsp3) is 0.533. The highest BCUT2D eigenvalue weighted by atomic mass is 16.2. The molecule has 98 valence electrons. The number of carbonyl (C=O) groups is 1. The van der Waals surface area contributed by atoms with Gasteiger partial charge in [0.15, 0.2) is 0 Å². The minimum Gasteiger partial charge on any atom is -0.398 e. The first kappa shape index (κ1) is 12.9. The van der Waals surface area contributed by atoms with Crippen molar-refractivity contribution in [2.75, 3.05) is 17.2 Å². The Morgan fingerprint density at radius 2 is 2.00 bits per heavy atom. The van der Waals surface area contributed by atoms with Crippen molar-refractivity contribution in [3.8, 4) is 0 Å². The minimum atomic E-state index is 0.236. The summed E-state index contributed by atoms with van der Waals surface area (Å²) < 4.78 is 0. The predicted octanol–water partition coefficient (Wildman–Crippen LogP) is 2.91. The van der Waals surface area contributed by atoms with Gasteiger partial charge in [0.2, 0.25) is 5.91 Å². The number of aryl methyl sites for hydroxylation is 1. The highest BCUT2D eigenvalue weighted by molar-refractivity contribution is 5.95. The number of nitrogens with zero attached hydrogens (tertiary/aromatic N) is 1. The van der Waals surface area contributed by atoms with Gasteiger partial charge in [-0.2, -0.15) is 0 Å². The second kappa shape index (κ2) is 5.42. The molecule has 2 N–H and O–H groups in total. The Morgan fingerprint density at radius 1 is 1.22 bits per heavy atom. The first-order chi connectivity index (χ1) is 8.69. The molecule has 1 fully saturated rings. The number of nitrogens with two attached hydrogens (primary N) is 1. The molecule has 1 aliphatic rings. The molecule has 0 spiro atoms. The van der Waals surface area contributed by atoms with Gasteiger partial charge in [-0.15, -0.1) is 0 Å². The molecule has 3 nitrogen and oxygen atoms in total. The van der Waals surface area contributed by atoms with Crippen LogP contribution >= 0.6 is 0 Å². The van der Waals surface area contributed by atoms with Crippen molar-refractivity contribution in [3.05, 3.63) is 23.3 Å². The zero-order chi connectivity index (χ0) is 13.1. The lowest BCUT2D eigenvalue weighted by Crippen LogP contribution is -2.36. The van der Waals surface area contributed by atoms with Crippen LogP contribution in [0.4, 0.5) is 11.4 Å². The van der Waals surface area contributed by atoms with Crippen LogP contribution < -0.4 is 10.6 Å². The Kier molecular flexibility index (Phi) is 3.90. The van der Waals surface area contributed by atoms with E-state index in [2.05, 4.69) is 26.0 Å². The van der Waals surface area contributed by atoms with Gasteiger partial charge in [0.25, 0.3) is 0 Å². The second-order valence-corrected chi connectivity index (χ2v) is 4.85. The third-order valence-electron chi connectivity index (χ3n) is 3.77. The van der Waals surface area contributed by atoms with Crippen molar-refractivity contribution >= 4 is 17.3 Å². The maximum Gasteiger partial charge on any atom is 0.226 e. The summed E-state index contributed by atoms with van der Waals surface area (Å²) in [5.74, 6) is 0.236. The van der Waals surface area contributed by atoms with Gasteiger partial charge in [-0.3, -0.25) is 4.79 Å². The SMILES string of the molecule is CCc1ccc(N2CCCCC2=O)c(CC)c1N. The molecule has 1 saturated heterocycles. The smallest absolute Gasteiger partial charge is 0.226 e. The molecule has 0 aromatic heterocycles. The van der Waals surface area contributed by atoms with Gasteiger partial charge in [-0.05, 0) is 42.9 Å². The van der Waals surface area contributed by atoms with E-state index in [0.717, 1.165) is 49.2 Å². The number of piperidine rings is 1. The third-order valence-corrected chi connectivity index (χ3v) is 3.77. The molecule has 2 rings (SSSR count). The van der Waals surface area contributed by atoms with Crippen molar-refractivity contribution in [3.63, 3.8) is 0 Å². The zero-order valence-electron chi connectivity index (χ0n) is 11.3. The maximum absolute atomic E-state index is 12.0. The van der Waals surface area contributed by atoms with Gasteiger partial charge in [-0.1, -0.05) is 19.9 Å². The van der Waals surface area contributed by atoms with Crippen LogP contribution in [0.15, 0.2) is 12.1 Å². The number of hydrogen-bond donors (Lipinski definition) is 1. The lowest BCUT2D eigenvalue weighted by Gasteiger charge is -2.29. The topological polar surface area (TPSA) is 46.3 Å². The largest absolute Gasteiger partial charge is 0.398 e. The number of nitrogen functional groups attached to an aromatic ring is 1. The molecule has 0 atom stereocenters. The summed E-state index contributed by atoms with van der Waals surface area (Å²) in [4.78, 5) is 13.9. The summed E-state index contributed by atoms with van der Waals surface area (Å²) in [6.45, 7) is 5.04. The molecule has 0 unspecified atom stereocenters. The Labute approximate surface area is 109 Å². The number of rotatable bonds is 3. The average molecular weight is 246 g/mol. The summed E-state index contributed by atoms with van der Waals surface area (Å²) in [6, 6.07) is 4.13. The van der Waals surface area contributed by atoms with E-state index < -0.39 is 0 Å². The highest BCUT2D eigenvalue weighted by Gasteiger charge is 2.22. The first-order valence-corrected chi connectivity index (χ1v) is 6.89. The monoisotopic (exact) mass is 246 g/mol. The van der Waals surface area contributed by atoms with Crippen LogP contribution in [0.1, 0.15) is 44.2 Å². The molecule has 0 bridgehead atoms. The average Bonchev–Trinajstić information content (AvgIpc) is 2.39. The van der Waals surface area contributed by atoms with Crippen LogP contribution in [0.3, 0.4) is 0 Å². The summed E-state index contributed by atoms with van der Waals surface area (Å²) in [7, 11) is 0. The van der Waals surface area contributed by atoms with Gasteiger partial charge in [0.05, 0.1) is 0 Å². The molecule has 1 aliphatic heterocycles. The summed E-state index contributed by atoms with van der Waals surface area (Å²) in [6.07, 6.45) is 4.58. The van der Waals surface area contributed by atoms with E-state index in [-0.39, 0.29) is 5.91 Å². The lowest BCUT2D eigenvalue weighted by atomic mass is 9.99. The lowest BCUT2D eigenvalue weighted by molar-refractivity contribution is -0.119. The zero-order valence-corrected chi connectivity index (χ0v) is 11.3. The maximum atomic E-state index is 12.0. The highest BCUT2D eigenvalue weighted by Crippen LogP contribution is 2.31. The molecule has 0 saturated carbocycles. The molecule has 1 amide bonds. The van der Waals surface area contributed by atoms with Crippen molar-refractivity contribution in [1.29, 1.82) is 0 Å². The Balaban J connectivity index is 2.43. The summed E-state index contributed by atoms with van der Waals surface area (Å²) in [5, 5.41) is 0. The Hall–Kier alpha value is -1.51. The van der Waals surface area contributed by atoms with Crippen molar-refractivity contribution in [1.82, 2.24) is 0 Å². The first-order valence-electron chi connectivity index (χ1n) is 6.89. The number of amides is 1. The normalized spacial score (nSPS) is 16.1. The molecule has 18 heavy (non-hydrogen) atoms. The Morgan fingerprint density at radius 3 is 2.61 bits per heavy atom. The molecule has 0 aliphatic carbocycles. The molecule has 1 aromatic carbocycles. The van der Waals surface area contributed by atoms with E-state index in [9.17, 15) is 4.79 Å². The number of benzene rings is 1. The van der Waals surface area contributed by atoms with E-state index in [1.165, 1.54) is 5.56 Å². The number of hydrogen-bond acceptors (Lipinski definition) is 2. The fourth-order valence-corrected chi connectivity index (χ4v) is 2.70. The summed E-state index contributed by atoms with van der Waals surface area (Å²) >= 11 is 0. The van der Waals surface area contributed by atoms with E-state index >= 15 is 0 Å². The van der Waals surface area contributed by atoms with Crippen LogP contribution in [0.5, 0.6) is 0 Å². The molecule has 1 aromatic rings. The Bertz CT molecular complexity index is 454. The molecular weight excluding hydrogens is 224 g/mol. The van der Waals surface area contributed by atoms with Gasteiger partial charge in [0, 0.05) is 24.3 Å². The van der Waals surface area contributed by atoms with E-state index in [1.54, 1.807) is 0 Å². The van der Waals surface area contributed by atoms with E-state index in [0.29, 0.717) is 6.42 Å². The van der Waals surface area contributed by atoms with Crippen molar-refractivity contribution < 1.29 is 4.79 Å². The van der Waals surface area contributed by atoms with Gasteiger partial charge < -0.3 is 10.6 Å². The number of anilines is 2. The quantitative estimate of drug-likeness (QED) is 0.833. The van der Waals surface area contributed by atoms with Gasteiger partial charge in [0.1, 0.15) is 0 Å². The standard InChI is InChI=1S/C15H22N2O/c1-3-11-8-9-13(12(4-2)15(11)16)17-10-6-5-7-14(17)18/h8-9H,3-7,10,16H2,1-2H3. The minimum absolute atomic E-state index is 0.236. The van der Waals surface area contributed by atoms with Crippen LogP contribution in [0.25, 0.3) is 0 Å². The molecule has 1 heterocycles. The molecule has 0 radical (unpaired) electrons. The molecular formula is C15H22N2O. The fourth-order valence-electron chi connectivity index (χ4n) is 2.70. The number of carbonyl (C=O) groups excluding carboxylic acids is 1. The molecule has 3 heteroatoms. The van der Waals surface area contributed by atoms with Crippen LogP contribution in [-0.2, 0) is 17.6 Å². The van der Waals surface area contributed by atoms with Crippen LogP contribution in [0.2, 0.25) is 0 Å². The van der Waals surface area contributed by atoms with Crippen molar-refractivity contribution in [2.24, 2.45) is 0 Å². The second-order valence-electron chi connectivity index (χ2n) is 4.85.